The van der Waals surface area contributed by atoms with E-state index in [9.17, 15) is 33.7 Å². The molecule has 184 valence electrons. The van der Waals surface area contributed by atoms with Crippen LogP contribution in [0.5, 0.6) is 0 Å². The van der Waals surface area contributed by atoms with Crippen LogP contribution in [-0.2, 0) is 14.3 Å². The third kappa shape index (κ3) is 2.93. The Hall–Kier alpha value is -4.57. The summed E-state index contributed by atoms with van der Waals surface area (Å²) in [4.78, 5) is 66.7. The van der Waals surface area contributed by atoms with Crippen LogP contribution < -0.4 is 4.90 Å². The summed E-state index contributed by atoms with van der Waals surface area (Å²) >= 11 is 0. The Morgan fingerprint density at radius 3 is 2.11 bits per heavy atom. The quantitative estimate of drug-likeness (QED) is 0.232. The molecule has 3 aliphatic rings. The smallest absolute Gasteiger partial charge is 0.269 e. The zero-order valence-electron chi connectivity index (χ0n) is 19.2. The lowest BCUT2D eigenvalue weighted by Crippen LogP contribution is -2.51. The molecule has 0 N–H and O–H groups in total. The van der Waals surface area contributed by atoms with Crippen molar-refractivity contribution in [2.75, 3.05) is 4.90 Å². The van der Waals surface area contributed by atoms with Gasteiger partial charge in [0, 0.05) is 23.3 Å². The van der Waals surface area contributed by atoms with Gasteiger partial charge in [-0.2, -0.15) is 0 Å². The summed E-state index contributed by atoms with van der Waals surface area (Å²) < 4.78 is 19.8. The molecule has 2 amide bonds. The molecule has 0 saturated carbocycles. The number of nitro benzene ring substituents is 1. The molecule has 1 aliphatic carbocycles. The van der Waals surface area contributed by atoms with Crippen LogP contribution in [0.15, 0.2) is 66.7 Å². The van der Waals surface area contributed by atoms with E-state index >= 15 is 0 Å². The number of carbonyl (C=O) groups excluding carboxylic acids is 4. The average Bonchev–Trinajstić information content (AvgIpc) is 3.45. The molecule has 0 unspecified atom stereocenters. The van der Waals surface area contributed by atoms with E-state index in [0.29, 0.717) is 5.56 Å². The molecule has 37 heavy (non-hydrogen) atoms. The van der Waals surface area contributed by atoms with Gasteiger partial charge in [-0.1, -0.05) is 36.4 Å². The number of nitro groups is 1. The summed E-state index contributed by atoms with van der Waals surface area (Å²) in [6.45, 7) is 1.52. The molecule has 2 heterocycles. The van der Waals surface area contributed by atoms with E-state index in [4.69, 9.17) is 4.74 Å². The fourth-order valence-corrected chi connectivity index (χ4v) is 5.71. The Bertz CT molecular complexity index is 1530. The molecule has 2 fully saturated rings. The second kappa shape index (κ2) is 7.71. The van der Waals surface area contributed by atoms with E-state index in [1.54, 1.807) is 12.1 Å². The van der Waals surface area contributed by atoms with Crippen molar-refractivity contribution < 1.29 is 33.2 Å². The molecular weight excluding hydrogens is 483 g/mol. The summed E-state index contributed by atoms with van der Waals surface area (Å²) in [5, 5.41) is 11.2. The zero-order chi connectivity index (χ0) is 26.2. The monoisotopic (exact) mass is 500 g/mol. The summed E-state index contributed by atoms with van der Waals surface area (Å²) in [7, 11) is 0. The number of nitrogens with zero attached hydrogens (tertiary/aromatic N) is 2. The molecular formula is C27H17FN2O7. The Morgan fingerprint density at radius 2 is 1.54 bits per heavy atom. The fourth-order valence-electron chi connectivity index (χ4n) is 5.71. The first-order chi connectivity index (χ1) is 17.7. The number of benzene rings is 3. The molecule has 0 radical (unpaired) electrons. The number of anilines is 1. The van der Waals surface area contributed by atoms with Crippen molar-refractivity contribution in [3.8, 4) is 0 Å². The Kier molecular flexibility index (Phi) is 4.77. The number of carbonyl (C=O) groups is 4. The number of amides is 2. The highest BCUT2D eigenvalue weighted by Crippen LogP contribution is 2.57. The minimum absolute atomic E-state index is 0.0937. The van der Waals surface area contributed by atoms with Crippen LogP contribution >= 0.6 is 0 Å². The first-order valence-corrected chi connectivity index (χ1v) is 11.4. The van der Waals surface area contributed by atoms with Gasteiger partial charge in [0.15, 0.2) is 0 Å². The van der Waals surface area contributed by atoms with Crippen molar-refractivity contribution in [2.24, 2.45) is 11.8 Å². The molecule has 6 rings (SSSR count). The SMILES string of the molecule is Cc1cc([N+](=O)[O-])ccc1N1C(=O)[C@H]2[C@@H](C1=O)C1(O[C@H]2c2ccc(F)cc2)C(=O)c2ccccc2C1=O. The maximum absolute atomic E-state index is 13.9. The van der Waals surface area contributed by atoms with Gasteiger partial charge < -0.3 is 4.74 Å². The number of Topliss-reactive ketones (excluding diaryl/α,β-unsaturated/α-hetero) is 2. The van der Waals surface area contributed by atoms with E-state index in [1.807, 2.05) is 0 Å². The molecule has 9 nitrogen and oxygen atoms in total. The lowest BCUT2D eigenvalue weighted by Gasteiger charge is -2.27. The lowest BCUT2D eigenvalue weighted by molar-refractivity contribution is -0.384. The number of non-ortho nitro benzene ring substituents is 1. The minimum atomic E-state index is -2.26. The summed E-state index contributed by atoms with van der Waals surface area (Å²) in [5.41, 5.74) is -1.57. The van der Waals surface area contributed by atoms with E-state index < -0.39 is 57.7 Å². The van der Waals surface area contributed by atoms with Gasteiger partial charge in [0.1, 0.15) is 5.82 Å². The number of hydrogen-bond acceptors (Lipinski definition) is 7. The van der Waals surface area contributed by atoms with E-state index in [2.05, 4.69) is 0 Å². The van der Waals surface area contributed by atoms with Crippen LogP contribution in [-0.4, -0.2) is 33.9 Å². The van der Waals surface area contributed by atoms with Gasteiger partial charge in [-0.25, -0.2) is 9.29 Å². The second-order valence-electron chi connectivity index (χ2n) is 9.27. The lowest BCUT2D eigenvalue weighted by atomic mass is 9.77. The van der Waals surface area contributed by atoms with E-state index in [0.717, 1.165) is 17.0 Å². The zero-order valence-corrected chi connectivity index (χ0v) is 19.2. The molecule has 1 spiro atoms. The third-order valence-corrected chi connectivity index (χ3v) is 7.35. The maximum atomic E-state index is 13.9. The summed E-state index contributed by atoms with van der Waals surface area (Å²) in [6.07, 6.45) is -1.19. The number of rotatable bonds is 3. The van der Waals surface area contributed by atoms with Gasteiger partial charge in [-0.3, -0.25) is 29.3 Å². The van der Waals surface area contributed by atoms with Crippen LogP contribution in [0.25, 0.3) is 0 Å². The van der Waals surface area contributed by atoms with E-state index in [1.165, 1.54) is 49.4 Å². The third-order valence-electron chi connectivity index (χ3n) is 7.35. The molecule has 3 aromatic carbocycles. The number of fused-ring (bicyclic) bond motifs is 3. The predicted molar refractivity (Wildman–Crippen MR) is 125 cm³/mol. The Labute approximate surface area is 208 Å². The van der Waals surface area contributed by atoms with Crippen molar-refractivity contribution in [3.63, 3.8) is 0 Å². The van der Waals surface area contributed by atoms with Crippen LogP contribution in [0.3, 0.4) is 0 Å². The van der Waals surface area contributed by atoms with Crippen molar-refractivity contribution in [3.05, 3.63) is 105 Å². The number of halogens is 1. The average molecular weight is 500 g/mol. The Balaban J connectivity index is 1.53. The molecule has 10 heteroatoms. The highest BCUT2D eigenvalue weighted by molar-refractivity contribution is 6.37. The van der Waals surface area contributed by atoms with Crippen LogP contribution in [0.1, 0.15) is 37.9 Å². The van der Waals surface area contributed by atoms with Crippen LogP contribution in [0.4, 0.5) is 15.8 Å². The van der Waals surface area contributed by atoms with Crippen LogP contribution in [0, 0.1) is 34.7 Å². The van der Waals surface area contributed by atoms with Gasteiger partial charge in [-0.05, 0) is 36.2 Å². The van der Waals surface area contributed by atoms with Crippen molar-refractivity contribution in [2.45, 2.75) is 18.6 Å². The first kappa shape index (κ1) is 22.9. The summed E-state index contributed by atoms with van der Waals surface area (Å²) in [5.74, 6) is -6.22. The second-order valence-corrected chi connectivity index (χ2v) is 9.27. The Morgan fingerprint density at radius 1 is 0.919 bits per heavy atom. The van der Waals surface area contributed by atoms with Crippen LogP contribution in [0.2, 0.25) is 0 Å². The molecule has 3 atom stereocenters. The van der Waals surface area contributed by atoms with Crippen molar-refractivity contribution in [1.82, 2.24) is 0 Å². The maximum Gasteiger partial charge on any atom is 0.269 e. The molecule has 3 aromatic rings. The van der Waals surface area contributed by atoms with Crippen molar-refractivity contribution >= 4 is 34.8 Å². The van der Waals surface area contributed by atoms with Gasteiger partial charge in [0.05, 0.1) is 28.6 Å². The molecule has 0 aromatic heterocycles. The number of ether oxygens (including phenoxy) is 1. The summed E-state index contributed by atoms with van der Waals surface area (Å²) in [6, 6.07) is 14.9. The molecule has 2 saturated heterocycles. The topological polar surface area (TPSA) is 124 Å². The predicted octanol–water partition coefficient (Wildman–Crippen LogP) is 3.74. The van der Waals surface area contributed by atoms with Gasteiger partial charge in [0.25, 0.3) is 5.69 Å². The fraction of sp³-hybridized carbons (Fsp3) is 0.185. The largest absolute Gasteiger partial charge is 0.349 e. The minimum Gasteiger partial charge on any atom is -0.349 e. The van der Waals surface area contributed by atoms with Crippen molar-refractivity contribution in [1.29, 1.82) is 0 Å². The number of ketones is 2. The van der Waals surface area contributed by atoms with Gasteiger partial charge in [-0.15, -0.1) is 0 Å². The van der Waals surface area contributed by atoms with Gasteiger partial charge in [0.2, 0.25) is 29.0 Å². The highest BCUT2D eigenvalue weighted by Gasteiger charge is 2.74. The highest BCUT2D eigenvalue weighted by atomic mass is 19.1. The normalized spacial score (nSPS) is 23.6. The standard InChI is InChI=1S/C27H17FN2O7/c1-13-12-16(30(35)36)10-11-19(13)29-25(33)20-21(26(29)34)27(37-22(20)14-6-8-15(28)9-7-14)23(31)17-4-2-3-5-18(17)24(27)32/h2-12,20-22H,1H3/t20-,21-,22-/m0/s1. The van der Waals surface area contributed by atoms with E-state index in [-0.39, 0.29) is 28.1 Å². The molecule has 0 bridgehead atoms. The first-order valence-electron chi connectivity index (χ1n) is 11.4. The number of hydrogen-bond donors (Lipinski definition) is 0. The number of aryl methyl sites for hydroxylation is 1. The van der Waals surface area contributed by atoms with Gasteiger partial charge >= 0.3 is 0 Å². The molecule has 2 aliphatic heterocycles. The number of imide groups is 1.